The maximum atomic E-state index is 13.9. The average Bonchev–Trinajstić information content (AvgIpc) is 2.72. The predicted octanol–water partition coefficient (Wildman–Crippen LogP) is 3.27. The van der Waals surface area contributed by atoms with Crippen LogP contribution in [-0.2, 0) is 15.9 Å². The maximum absolute atomic E-state index is 13.9. The van der Waals surface area contributed by atoms with Gasteiger partial charge in [0.15, 0.2) is 11.6 Å². The molecule has 0 atom stereocenters. The van der Waals surface area contributed by atoms with E-state index < -0.39 is 32.1 Å². The highest BCUT2D eigenvalue weighted by Crippen LogP contribution is 2.35. The molecule has 2 rings (SSSR count). The number of alkyl halides is 1. The first kappa shape index (κ1) is 15.7. The third kappa shape index (κ3) is 2.56. The van der Waals surface area contributed by atoms with Crippen molar-refractivity contribution in [3.63, 3.8) is 0 Å². The first-order chi connectivity index (χ1) is 9.20. The van der Waals surface area contributed by atoms with Crippen molar-refractivity contribution in [2.45, 2.75) is 43.0 Å². The average molecular weight is 324 g/mol. The standard InChI is InChI=1S/C13H16ClF2NO2S/c1-13(2)4-3-5-17(13)20(18,19)11-7-9(8-14)6-10(15)12(11)16/h6-7H,3-5,8H2,1-2H3. The van der Waals surface area contributed by atoms with Gasteiger partial charge in [0.1, 0.15) is 4.90 Å². The minimum atomic E-state index is -4.07. The largest absolute Gasteiger partial charge is 0.246 e. The summed E-state index contributed by atoms with van der Waals surface area (Å²) < 4.78 is 53.8. The molecule has 0 unspecified atom stereocenters. The lowest BCUT2D eigenvalue weighted by atomic mass is 10.0. The van der Waals surface area contributed by atoms with Crippen LogP contribution in [0.2, 0.25) is 0 Å². The summed E-state index contributed by atoms with van der Waals surface area (Å²) in [5.41, 5.74) is -0.361. The molecule has 1 aromatic carbocycles. The second kappa shape index (κ2) is 5.24. The first-order valence-corrected chi connectivity index (χ1v) is 8.24. The summed E-state index contributed by atoms with van der Waals surface area (Å²) in [5.74, 6) is -2.62. The zero-order chi connectivity index (χ0) is 15.1. The molecule has 20 heavy (non-hydrogen) atoms. The van der Waals surface area contributed by atoms with Gasteiger partial charge in [0.25, 0.3) is 0 Å². The highest BCUT2D eigenvalue weighted by atomic mass is 35.5. The first-order valence-electron chi connectivity index (χ1n) is 6.27. The van der Waals surface area contributed by atoms with Gasteiger partial charge in [-0.2, -0.15) is 4.31 Å². The minimum Gasteiger partial charge on any atom is -0.207 e. The lowest BCUT2D eigenvalue weighted by Gasteiger charge is -2.30. The minimum absolute atomic E-state index is 0.0802. The number of sulfonamides is 1. The third-order valence-corrected chi connectivity index (χ3v) is 6.02. The zero-order valence-corrected chi connectivity index (χ0v) is 12.9. The van der Waals surface area contributed by atoms with Crippen LogP contribution in [0.25, 0.3) is 0 Å². The molecule has 0 radical (unpaired) electrons. The fraction of sp³-hybridized carbons (Fsp3) is 0.538. The van der Waals surface area contributed by atoms with Gasteiger partial charge >= 0.3 is 0 Å². The molecule has 7 heteroatoms. The molecule has 0 amide bonds. The molecule has 1 saturated heterocycles. The van der Waals surface area contributed by atoms with E-state index in [0.717, 1.165) is 12.1 Å². The molecule has 0 spiro atoms. The second-order valence-corrected chi connectivity index (χ2v) is 7.61. The molecule has 0 saturated carbocycles. The van der Waals surface area contributed by atoms with Crippen LogP contribution in [0.3, 0.4) is 0 Å². The molecule has 0 aliphatic carbocycles. The summed E-state index contributed by atoms with van der Waals surface area (Å²) in [6.45, 7) is 3.86. The van der Waals surface area contributed by atoms with Crippen LogP contribution in [0.5, 0.6) is 0 Å². The summed E-state index contributed by atoms with van der Waals surface area (Å²) in [7, 11) is -4.07. The fourth-order valence-corrected chi connectivity index (χ4v) is 4.66. The summed E-state index contributed by atoms with van der Waals surface area (Å²) in [4.78, 5) is -0.636. The number of hydrogen-bond donors (Lipinski definition) is 0. The Morgan fingerprint density at radius 3 is 2.50 bits per heavy atom. The van der Waals surface area contributed by atoms with E-state index in [-0.39, 0.29) is 11.4 Å². The summed E-state index contributed by atoms with van der Waals surface area (Å²) in [6, 6.07) is 2.02. The van der Waals surface area contributed by atoms with E-state index >= 15 is 0 Å². The zero-order valence-electron chi connectivity index (χ0n) is 11.3. The number of benzene rings is 1. The van der Waals surface area contributed by atoms with Crippen molar-refractivity contribution >= 4 is 21.6 Å². The third-order valence-electron chi connectivity index (χ3n) is 3.60. The van der Waals surface area contributed by atoms with E-state index in [1.54, 1.807) is 13.8 Å². The van der Waals surface area contributed by atoms with Crippen LogP contribution in [0.1, 0.15) is 32.3 Å². The Hall–Kier alpha value is -0.720. The van der Waals surface area contributed by atoms with Gasteiger partial charge < -0.3 is 0 Å². The van der Waals surface area contributed by atoms with E-state index in [1.807, 2.05) is 0 Å². The Balaban J connectivity index is 2.58. The number of hydrogen-bond acceptors (Lipinski definition) is 2. The van der Waals surface area contributed by atoms with Crippen LogP contribution >= 0.6 is 11.6 Å². The van der Waals surface area contributed by atoms with Crippen molar-refractivity contribution in [1.82, 2.24) is 4.31 Å². The Labute approximate surface area is 122 Å². The number of halogens is 3. The Morgan fingerprint density at radius 1 is 1.35 bits per heavy atom. The Morgan fingerprint density at radius 2 is 2.00 bits per heavy atom. The Kier molecular flexibility index (Phi) is 4.10. The van der Waals surface area contributed by atoms with Crippen LogP contribution < -0.4 is 0 Å². The van der Waals surface area contributed by atoms with E-state index in [4.69, 9.17) is 11.6 Å². The van der Waals surface area contributed by atoms with Crippen LogP contribution in [-0.4, -0.2) is 24.8 Å². The molecule has 112 valence electrons. The van der Waals surface area contributed by atoms with Crippen LogP contribution in [0, 0.1) is 11.6 Å². The molecule has 1 fully saturated rings. The van der Waals surface area contributed by atoms with Crippen molar-refractivity contribution in [3.8, 4) is 0 Å². The molecule has 1 heterocycles. The van der Waals surface area contributed by atoms with Crippen molar-refractivity contribution in [1.29, 1.82) is 0 Å². The van der Waals surface area contributed by atoms with Gasteiger partial charge in [0.05, 0.1) is 0 Å². The number of nitrogens with zero attached hydrogens (tertiary/aromatic N) is 1. The van der Waals surface area contributed by atoms with Crippen molar-refractivity contribution in [2.24, 2.45) is 0 Å². The summed E-state index contributed by atoms with van der Waals surface area (Å²) >= 11 is 5.59. The maximum Gasteiger partial charge on any atom is 0.246 e. The van der Waals surface area contributed by atoms with Crippen LogP contribution in [0.15, 0.2) is 17.0 Å². The van der Waals surface area contributed by atoms with E-state index in [0.29, 0.717) is 19.4 Å². The number of rotatable bonds is 3. The molecule has 0 aromatic heterocycles. The molecular formula is C13H16ClF2NO2S. The van der Waals surface area contributed by atoms with Gasteiger partial charge in [0.2, 0.25) is 10.0 Å². The highest BCUT2D eigenvalue weighted by molar-refractivity contribution is 7.89. The fourth-order valence-electron chi connectivity index (χ4n) is 2.53. The SMILES string of the molecule is CC1(C)CCCN1S(=O)(=O)c1cc(CCl)cc(F)c1F. The predicted molar refractivity (Wildman–Crippen MR) is 73.1 cm³/mol. The normalized spacial score (nSPS) is 19.4. The molecule has 1 aliphatic heterocycles. The summed E-state index contributed by atoms with van der Waals surface area (Å²) in [5, 5.41) is 0. The van der Waals surface area contributed by atoms with Gasteiger partial charge in [-0.3, -0.25) is 0 Å². The van der Waals surface area contributed by atoms with E-state index in [2.05, 4.69) is 0 Å². The van der Waals surface area contributed by atoms with Gasteiger partial charge in [-0.05, 0) is 44.4 Å². The highest BCUT2D eigenvalue weighted by Gasteiger charge is 2.42. The molecule has 0 bridgehead atoms. The Bertz CT molecular complexity index is 632. The summed E-state index contributed by atoms with van der Waals surface area (Å²) in [6.07, 6.45) is 1.39. The van der Waals surface area contributed by atoms with Gasteiger partial charge in [-0.1, -0.05) is 0 Å². The second-order valence-electron chi connectivity index (χ2n) is 5.52. The van der Waals surface area contributed by atoms with Crippen molar-refractivity contribution in [2.75, 3.05) is 6.54 Å². The monoisotopic (exact) mass is 323 g/mol. The van der Waals surface area contributed by atoms with E-state index in [1.165, 1.54) is 4.31 Å². The lowest BCUT2D eigenvalue weighted by molar-refractivity contribution is 0.290. The van der Waals surface area contributed by atoms with Gasteiger partial charge in [-0.15, -0.1) is 11.6 Å². The van der Waals surface area contributed by atoms with Crippen LogP contribution in [0.4, 0.5) is 8.78 Å². The van der Waals surface area contributed by atoms with Gasteiger partial charge in [-0.25, -0.2) is 17.2 Å². The molecular weight excluding hydrogens is 308 g/mol. The molecule has 1 aromatic rings. The molecule has 3 nitrogen and oxygen atoms in total. The van der Waals surface area contributed by atoms with Crippen molar-refractivity contribution in [3.05, 3.63) is 29.3 Å². The van der Waals surface area contributed by atoms with E-state index in [9.17, 15) is 17.2 Å². The van der Waals surface area contributed by atoms with Crippen molar-refractivity contribution < 1.29 is 17.2 Å². The topological polar surface area (TPSA) is 37.4 Å². The van der Waals surface area contributed by atoms with Gasteiger partial charge in [0, 0.05) is 18.0 Å². The molecule has 1 aliphatic rings. The molecule has 0 N–H and O–H groups in total. The quantitative estimate of drug-likeness (QED) is 0.801. The lowest BCUT2D eigenvalue weighted by Crippen LogP contribution is -2.42. The smallest absolute Gasteiger partial charge is 0.207 e.